The van der Waals surface area contributed by atoms with Gasteiger partial charge in [-0.2, -0.15) is 0 Å². The van der Waals surface area contributed by atoms with Crippen LogP contribution in [0.1, 0.15) is 115 Å². The van der Waals surface area contributed by atoms with E-state index >= 15 is 0 Å². The minimum atomic E-state index is -2.54. The SMILES string of the molecule is CCCCCC(CC)c1cccc(P([O-])[O-])c1C(CC)CCCCC. The summed E-state index contributed by atoms with van der Waals surface area (Å²) in [7, 11) is -2.54. The molecule has 0 heterocycles. The molecule has 0 saturated heterocycles. The van der Waals surface area contributed by atoms with Crippen LogP contribution in [0.3, 0.4) is 0 Å². The Morgan fingerprint density at radius 2 is 1.36 bits per heavy atom. The average Bonchev–Trinajstić information content (AvgIpc) is 2.62. The predicted molar refractivity (Wildman–Crippen MR) is 107 cm³/mol. The van der Waals surface area contributed by atoms with Gasteiger partial charge >= 0.3 is 0 Å². The Labute approximate surface area is 157 Å². The van der Waals surface area contributed by atoms with Gasteiger partial charge in [0.05, 0.1) is 0 Å². The van der Waals surface area contributed by atoms with Gasteiger partial charge in [-0.3, -0.25) is 8.38 Å². The fraction of sp³-hybridized carbons (Fsp3) is 0.727. The Kier molecular flexibility index (Phi) is 11.6. The van der Waals surface area contributed by atoms with Crippen LogP contribution in [0.15, 0.2) is 18.2 Å². The first-order chi connectivity index (χ1) is 12.1. The van der Waals surface area contributed by atoms with E-state index in [4.69, 9.17) is 0 Å². The van der Waals surface area contributed by atoms with Crippen molar-refractivity contribution in [2.75, 3.05) is 0 Å². The summed E-state index contributed by atoms with van der Waals surface area (Å²) in [4.78, 5) is 23.9. The van der Waals surface area contributed by atoms with Crippen molar-refractivity contribution in [1.82, 2.24) is 0 Å². The molecule has 0 bridgehead atoms. The monoisotopic (exact) mass is 364 g/mol. The largest absolute Gasteiger partial charge is 0.838 e. The molecule has 1 aromatic rings. The zero-order chi connectivity index (χ0) is 18.7. The minimum Gasteiger partial charge on any atom is -0.838 e. The molecule has 3 heteroatoms. The maximum absolute atomic E-state index is 11.9. The van der Waals surface area contributed by atoms with Crippen LogP contribution in [0.2, 0.25) is 0 Å². The lowest BCUT2D eigenvalue weighted by Crippen LogP contribution is -2.26. The second-order valence-electron chi connectivity index (χ2n) is 7.24. The van der Waals surface area contributed by atoms with Crippen LogP contribution in [-0.4, -0.2) is 0 Å². The van der Waals surface area contributed by atoms with E-state index in [0.29, 0.717) is 17.1 Å². The molecule has 0 amide bonds. The molecular formula is C22H37O2P-2. The zero-order valence-electron chi connectivity index (χ0n) is 16.7. The number of unbranched alkanes of at least 4 members (excludes halogenated alkanes) is 4. The molecule has 2 nitrogen and oxygen atoms in total. The van der Waals surface area contributed by atoms with Gasteiger partial charge in [-0.1, -0.05) is 89.7 Å². The fourth-order valence-electron chi connectivity index (χ4n) is 3.94. The first-order valence-electron chi connectivity index (χ1n) is 10.4. The minimum absolute atomic E-state index is 0.367. The third-order valence-electron chi connectivity index (χ3n) is 5.46. The molecule has 0 saturated carbocycles. The third-order valence-corrected chi connectivity index (χ3v) is 6.24. The molecule has 0 N–H and O–H groups in total. The van der Waals surface area contributed by atoms with E-state index in [1.165, 1.54) is 50.5 Å². The molecule has 0 aliphatic heterocycles. The normalized spacial score (nSPS) is 14.0. The van der Waals surface area contributed by atoms with Crippen LogP contribution in [0, 0.1) is 0 Å². The van der Waals surface area contributed by atoms with Gasteiger partial charge in [0.2, 0.25) is 0 Å². The standard InChI is InChI=1S/C22H37O2P/c1-5-9-11-14-18(7-3)20-16-13-17-21(25(23)24)22(20)19(8-4)15-12-10-6-2/h13,16-19H,5-12,14-15H2,1-4H3/q-2. The van der Waals surface area contributed by atoms with Gasteiger partial charge in [0.1, 0.15) is 0 Å². The lowest BCUT2D eigenvalue weighted by Gasteiger charge is -2.37. The highest BCUT2D eigenvalue weighted by atomic mass is 31.2. The van der Waals surface area contributed by atoms with Crippen LogP contribution in [0.4, 0.5) is 0 Å². The number of hydrogen-bond acceptors (Lipinski definition) is 2. The van der Waals surface area contributed by atoms with Crippen LogP contribution in [0.5, 0.6) is 0 Å². The van der Waals surface area contributed by atoms with Crippen molar-refractivity contribution in [2.45, 2.75) is 104 Å². The molecular weight excluding hydrogens is 327 g/mol. The Bertz CT molecular complexity index is 473. The van der Waals surface area contributed by atoms with E-state index in [9.17, 15) is 9.79 Å². The summed E-state index contributed by atoms with van der Waals surface area (Å²) in [6, 6.07) is 5.95. The molecule has 2 unspecified atom stereocenters. The van der Waals surface area contributed by atoms with Gasteiger partial charge in [-0.05, 0) is 48.6 Å². The quantitative estimate of drug-likeness (QED) is 0.343. The van der Waals surface area contributed by atoms with Crippen molar-refractivity contribution >= 4 is 13.7 Å². The van der Waals surface area contributed by atoms with E-state index in [1.807, 2.05) is 12.1 Å². The highest BCUT2D eigenvalue weighted by Gasteiger charge is 2.21. The highest BCUT2D eigenvalue weighted by molar-refractivity contribution is 7.51. The summed E-state index contributed by atoms with van der Waals surface area (Å²) in [5.74, 6) is 0.850. The van der Waals surface area contributed by atoms with Gasteiger partial charge in [0, 0.05) is 0 Å². The van der Waals surface area contributed by atoms with Crippen LogP contribution < -0.4 is 15.1 Å². The summed E-state index contributed by atoms with van der Waals surface area (Å²) in [5, 5.41) is 0.574. The maximum Gasteiger partial charge on any atom is -0.0156 e. The second kappa shape index (κ2) is 12.8. The third kappa shape index (κ3) is 7.00. The first kappa shape index (κ1) is 22.6. The van der Waals surface area contributed by atoms with Crippen LogP contribution in [0.25, 0.3) is 0 Å². The highest BCUT2D eigenvalue weighted by Crippen LogP contribution is 2.37. The second-order valence-corrected chi connectivity index (χ2v) is 8.24. The zero-order valence-corrected chi connectivity index (χ0v) is 17.6. The van der Waals surface area contributed by atoms with E-state index in [2.05, 4.69) is 33.8 Å². The average molecular weight is 365 g/mol. The molecule has 144 valence electrons. The van der Waals surface area contributed by atoms with Crippen LogP contribution >= 0.6 is 8.38 Å². The van der Waals surface area contributed by atoms with Crippen LogP contribution in [-0.2, 0) is 0 Å². The topological polar surface area (TPSA) is 46.1 Å². The molecule has 0 fully saturated rings. The van der Waals surface area contributed by atoms with Crippen molar-refractivity contribution in [3.8, 4) is 0 Å². The Balaban J connectivity index is 3.19. The summed E-state index contributed by atoms with van der Waals surface area (Å²) >= 11 is 0. The fourth-order valence-corrected chi connectivity index (χ4v) is 4.66. The molecule has 0 aromatic heterocycles. The van der Waals surface area contributed by atoms with E-state index in [1.54, 1.807) is 0 Å². The Hall–Kier alpha value is -0.430. The van der Waals surface area contributed by atoms with E-state index < -0.39 is 8.38 Å². The van der Waals surface area contributed by atoms with Crippen molar-refractivity contribution in [1.29, 1.82) is 0 Å². The Morgan fingerprint density at radius 1 is 0.800 bits per heavy atom. The molecule has 0 spiro atoms. The maximum atomic E-state index is 11.9. The molecule has 2 atom stereocenters. The summed E-state index contributed by atoms with van der Waals surface area (Å²) in [6.07, 6.45) is 11.7. The molecule has 0 aliphatic rings. The first-order valence-corrected chi connectivity index (χ1v) is 11.5. The van der Waals surface area contributed by atoms with Gasteiger partial charge in [0.25, 0.3) is 0 Å². The van der Waals surface area contributed by atoms with Crippen molar-refractivity contribution < 1.29 is 9.79 Å². The molecule has 0 radical (unpaired) electrons. The lowest BCUT2D eigenvalue weighted by molar-refractivity contribution is -0.287. The van der Waals surface area contributed by atoms with Crippen molar-refractivity contribution in [3.05, 3.63) is 29.3 Å². The van der Waals surface area contributed by atoms with Gasteiger partial charge < -0.3 is 9.79 Å². The predicted octanol–water partition coefficient (Wildman–Crippen LogP) is 5.49. The molecule has 25 heavy (non-hydrogen) atoms. The van der Waals surface area contributed by atoms with Gasteiger partial charge in [0.15, 0.2) is 0 Å². The number of hydrogen-bond donors (Lipinski definition) is 0. The number of benzene rings is 1. The van der Waals surface area contributed by atoms with E-state index in [0.717, 1.165) is 24.8 Å². The van der Waals surface area contributed by atoms with Crippen molar-refractivity contribution in [2.24, 2.45) is 0 Å². The summed E-state index contributed by atoms with van der Waals surface area (Å²) in [5.41, 5.74) is 2.44. The van der Waals surface area contributed by atoms with E-state index in [-0.39, 0.29) is 0 Å². The van der Waals surface area contributed by atoms with Gasteiger partial charge in [-0.15, -0.1) is 0 Å². The summed E-state index contributed by atoms with van der Waals surface area (Å²) < 4.78 is 0. The lowest BCUT2D eigenvalue weighted by atomic mass is 9.81. The molecule has 1 rings (SSSR count). The smallest absolute Gasteiger partial charge is 0.0156 e. The van der Waals surface area contributed by atoms with Gasteiger partial charge in [-0.25, -0.2) is 0 Å². The summed E-state index contributed by atoms with van der Waals surface area (Å²) in [6.45, 7) is 8.89. The molecule has 1 aromatic carbocycles. The van der Waals surface area contributed by atoms with Crippen molar-refractivity contribution in [3.63, 3.8) is 0 Å². The number of rotatable bonds is 13. The Morgan fingerprint density at radius 3 is 1.84 bits per heavy atom. The molecule has 0 aliphatic carbocycles.